The predicted octanol–water partition coefficient (Wildman–Crippen LogP) is 2.46. The van der Waals surface area contributed by atoms with Gasteiger partial charge in [-0.25, -0.2) is 0 Å². The molecule has 124 valence electrons. The largest absolute Gasteiger partial charge is 0.383 e. The standard InChI is InChI=1S/C20H23N3O/c1-21-19(23-13-11-16-7-3-5-9-18(16)23)22-14-20(24)12-10-15-6-2-4-8-17(15)20/h2-9,24H,10-14H2,1H3,(H,21,22). The molecule has 4 heteroatoms. The quantitative estimate of drug-likeness (QED) is 0.660. The van der Waals surface area contributed by atoms with E-state index < -0.39 is 5.60 Å². The molecule has 24 heavy (non-hydrogen) atoms. The third kappa shape index (κ3) is 2.47. The second-order valence-corrected chi connectivity index (χ2v) is 6.62. The molecule has 4 nitrogen and oxygen atoms in total. The Labute approximate surface area is 142 Å². The highest BCUT2D eigenvalue weighted by atomic mass is 16.3. The minimum atomic E-state index is -0.814. The summed E-state index contributed by atoms with van der Waals surface area (Å²) in [6, 6.07) is 16.6. The van der Waals surface area contributed by atoms with Crippen LogP contribution in [0.15, 0.2) is 53.5 Å². The number of aliphatic hydroxyl groups is 1. The molecule has 0 spiro atoms. The molecule has 1 unspecified atom stereocenters. The summed E-state index contributed by atoms with van der Waals surface area (Å²) in [5.41, 5.74) is 4.05. The molecule has 2 N–H and O–H groups in total. The third-order valence-corrected chi connectivity index (χ3v) is 5.22. The second-order valence-electron chi connectivity index (χ2n) is 6.62. The Morgan fingerprint density at radius 1 is 1.12 bits per heavy atom. The summed E-state index contributed by atoms with van der Waals surface area (Å²) in [4.78, 5) is 6.65. The van der Waals surface area contributed by atoms with Gasteiger partial charge in [-0.15, -0.1) is 0 Å². The van der Waals surface area contributed by atoms with Crippen molar-refractivity contribution in [2.45, 2.75) is 24.9 Å². The Morgan fingerprint density at radius 2 is 1.88 bits per heavy atom. The van der Waals surface area contributed by atoms with Crippen molar-refractivity contribution in [1.29, 1.82) is 0 Å². The molecule has 4 rings (SSSR count). The van der Waals surface area contributed by atoms with Crippen LogP contribution >= 0.6 is 0 Å². The van der Waals surface area contributed by atoms with Gasteiger partial charge in [0, 0.05) is 19.3 Å². The van der Waals surface area contributed by atoms with E-state index in [0.29, 0.717) is 6.54 Å². The lowest BCUT2D eigenvalue weighted by Gasteiger charge is -2.28. The van der Waals surface area contributed by atoms with Gasteiger partial charge in [-0.05, 0) is 42.0 Å². The van der Waals surface area contributed by atoms with E-state index >= 15 is 0 Å². The first kappa shape index (κ1) is 15.2. The molecule has 0 bridgehead atoms. The van der Waals surface area contributed by atoms with Gasteiger partial charge in [0.2, 0.25) is 0 Å². The molecule has 2 aliphatic rings. The van der Waals surface area contributed by atoms with E-state index in [1.54, 1.807) is 7.05 Å². The van der Waals surface area contributed by atoms with E-state index in [1.807, 2.05) is 18.2 Å². The molecule has 0 radical (unpaired) electrons. The average molecular weight is 321 g/mol. The molecule has 2 aromatic rings. The lowest BCUT2D eigenvalue weighted by Crippen LogP contribution is -2.46. The van der Waals surface area contributed by atoms with Crippen LogP contribution < -0.4 is 10.2 Å². The molecular weight excluding hydrogens is 298 g/mol. The molecule has 1 aliphatic heterocycles. The molecule has 0 aromatic heterocycles. The number of fused-ring (bicyclic) bond motifs is 2. The smallest absolute Gasteiger partial charge is 0.198 e. The molecular formula is C20H23N3O. The van der Waals surface area contributed by atoms with Gasteiger partial charge in [-0.2, -0.15) is 0 Å². The SMILES string of the molecule is CN=C(NCC1(O)CCc2ccccc21)N1CCc2ccccc21. The van der Waals surface area contributed by atoms with Gasteiger partial charge in [0.15, 0.2) is 5.96 Å². The van der Waals surface area contributed by atoms with Crippen molar-refractivity contribution in [3.8, 4) is 0 Å². The van der Waals surface area contributed by atoms with Crippen LogP contribution in [0.2, 0.25) is 0 Å². The Balaban J connectivity index is 1.52. The van der Waals surface area contributed by atoms with Crippen molar-refractivity contribution in [2.75, 3.05) is 25.0 Å². The summed E-state index contributed by atoms with van der Waals surface area (Å²) in [5.74, 6) is 0.831. The van der Waals surface area contributed by atoms with Crippen LogP contribution in [-0.2, 0) is 18.4 Å². The summed E-state index contributed by atoms with van der Waals surface area (Å²) in [7, 11) is 1.80. The van der Waals surface area contributed by atoms with E-state index in [9.17, 15) is 5.11 Å². The molecule has 0 saturated carbocycles. The summed E-state index contributed by atoms with van der Waals surface area (Å²) in [5, 5.41) is 14.5. The maximum atomic E-state index is 11.1. The van der Waals surface area contributed by atoms with Gasteiger partial charge in [-0.3, -0.25) is 4.99 Å². The first-order valence-corrected chi connectivity index (χ1v) is 8.58. The lowest BCUT2D eigenvalue weighted by molar-refractivity contribution is 0.0433. The van der Waals surface area contributed by atoms with Crippen LogP contribution in [0.25, 0.3) is 0 Å². The number of para-hydroxylation sites is 1. The molecule has 1 atom stereocenters. The molecule has 0 fully saturated rings. The monoisotopic (exact) mass is 321 g/mol. The Morgan fingerprint density at radius 3 is 2.71 bits per heavy atom. The highest BCUT2D eigenvalue weighted by Gasteiger charge is 2.37. The van der Waals surface area contributed by atoms with E-state index in [1.165, 1.54) is 16.8 Å². The summed E-state index contributed by atoms with van der Waals surface area (Å²) in [6.07, 6.45) is 2.72. The first-order chi connectivity index (χ1) is 11.7. The average Bonchev–Trinajstić information content (AvgIpc) is 3.19. The highest BCUT2D eigenvalue weighted by Crippen LogP contribution is 2.36. The van der Waals surface area contributed by atoms with Crippen LogP contribution in [0.4, 0.5) is 5.69 Å². The number of aryl methyl sites for hydroxylation is 1. The van der Waals surface area contributed by atoms with Crippen molar-refractivity contribution in [3.05, 3.63) is 65.2 Å². The van der Waals surface area contributed by atoms with E-state index in [-0.39, 0.29) is 0 Å². The van der Waals surface area contributed by atoms with Crippen LogP contribution in [0.1, 0.15) is 23.1 Å². The topological polar surface area (TPSA) is 47.9 Å². The highest BCUT2D eigenvalue weighted by molar-refractivity contribution is 5.97. The fraction of sp³-hybridized carbons (Fsp3) is 0.350. The summed E-state index contributed by atoms with van der Waals surface area (Å²) >= 11 is 0. The number of rotatable bonds is 2. The Kier molecular flexibility index (Phi) is 3.77. The maximum absolute atomic E-state index is 11.1. The maximum Gasteiger partial charge on any atom is 0.198 e. The van der Waals surface area contributed by atoms with Crippen molar-refractivity contribution in [2.24, 2.45) is 4.99 Å². The number of benzene rings is 2. The number of guanidine groups is 1. The molecule has 1 heterocycles. The number of anilines is 1. The second kappa shape index (κ2) is 5.95. The molecule has 2 aromatic carbocycles. The fourth-order valence-corrected chi connectivity index (χ4v) is 3.93. The van der Waals surface area contributed by atoms with Crippen LogP contribution in [0.5, 0.6) is 0 Å². The first-order valence-electron chi connectivity index (χ1n) is 8.58. The number of hydrogen-bond acceptors (Lipinski definition) is 2. The Bertz CT molecular complexity index is 786. The predicted molar refractivity (Wildman–Crippen MR) is 97.5 cm³/mol. The van der Waals surface area contributed by atoms with Crippen molar-refractivity contribution >= 4 is 11.6 Å². The Hall–Kier alpha value is -2.33. The number of hydrogen-bond donors (Lipinski definition) is 2. The zero-order valence-corrected chi connectivity index (χ0v) is 14.0. The van der Waals surface area contributed by atoms with Gasteiger partial charge < -0.3 is 15.3 Å². The van der Waals surface area contributed by atoms with Crippen LogP contribution in [-0.4, -0.2) is 31.2 Å². The molecule has 0 saturated heterocycles. The normalized spacial score (nSPS) is 22.4. The van der Waals surface area contributed by atoms with E-state index in [2.05, 4.69) is 45.5 Å². The number of aliphatic imine (C=N–C) groups is 1. The summed E-state index contributed by atoms with van der Waals surface area (Å²) in [6.45, 7) is 1.41. The van der Waals surface area contributed by atoms with Crippen molar-refractivity contribution < 1.29 is 5.11 Å². The van der Waals surface area contributed by atoms with Gasteiger partial charge in [0.05, 0.1) is 6.54 Å². The van der Waals surface area contributed by atoms with Gasteiger partial charge in [-0.1, -0.05) is 42.5 Å². The number of nitrogens with zero attached hydrogens (tertiary/aromatic N) is 2. The zero-order chi connectivity index (χ0) is 16.6. The van der Waals surface area contributed by atoms with Gasteiger partial charge in [0.1, 0.15) is 5.60 Å². The van der Waals surface area contributed by atoms with Gasteiger partial charge in [0.25, 0.3) is 0 Å². The third-order valence-electron chi connectivity index (χ3n) is 5.22. The summed E-state index contributed by atoms with van der Waals surface area (Å²) < 4.78 is 0. The minimum absolute atomic E-state index is 0.482. The number of nitrogens with one attached hydrogen (secondary N) is 1. The molecule has 0 amide bonds. The molecule has 1 aliphatic carbocycles. The zero-order valence-electron chi connectivity index (χ0n) is 14.0. The van der Waals surface area contributed by atoms with Crippen LogP contribution in [0, 0.1) is 0 Å². The lowest BCUT2D eigenvalue weighted by atomic mass is 9.96. The fourth-order valence-electron chi connectivity index (χ4n) is 3.93. The van der Waals surface area contributed by atoms with Crippen molar-refractivity contribution in [3.63, 3.8) is 0 Å². The van der Waals surface area contributed by atoms with E-state index in [4.69, 9.17) is 0 Å². The minimum Gasteiger partial charge on any atom is -0.383 e. The van der Waals surface area contributed by atoms with Crippen molar-refractivity contribution in [1.82, 2.24) is 5.32 Å². The van der Waals surface area contributed by atoms with E-state index in [0.717, 1.165) is 37.3 Å². The van der Waals surface area contributed by atoms with Gasteiger partial charge >= 0.3 is 0 Å². The van der Waals surface area contributed by atoms with Crippen LogP contribution in [0.3, 0.4) is 0 Å².